The number of alkyl halides is 2. The SMILES string of the molecule is CS(=O)(=O)Oc1cccc(Cl)c1C1CC(c2csc(C3CCN(C(=O)CCl)CC3)n2)=NO1.CS(=O)(=O)Oc1cccc(Cl)c1C1CC(c2csc(C3CC[NH2+]CC3)n2)=NO1.O=C(Cl)CCl.[Cl-]. The molecule has 2 atom stereocenters. The smallest absolute Gasteiger partial charge is 0.306 e. The van der Waals surface area contributed by atoms with Gasteiger partial charge in [-0.05, 0) is 48.7 Å². The van der Waals surface area contributed by atoms with Crippen LogP contribution in [0, 0.1) is 0 Å². The van der Waals surface area contributed by atoms with E-state index in [1.165, 1.54) is 6.07 Å². The molecule has 0 spiro atoms. The van der Waals surface area contributed by atoms with Crippen LogP contribution in [0.4, 0.5) is 0 Å². The third-order valence-corrected chi connectivity index (χ3v) is 14.7. The van der Waals surface area contributed by atoms with Gasteiger partial charge in [0.15, 0.2) is 23.7 Å². The Balaban J connectivity index is 0.000000223. The van der Waals surface area contributed by atoms with Crippen LogP contribution in [0.1, 0.15) is 95.1 Å². The van der Waals surface area contributed by atoms with Gasteiger partial charge in [-0.1, -0.05) is 45.6 Å². The van der Waals surface area contributed by atoms with Crippen LogP contribution in [0.15, 0.2) is 57.5 Å². The number of carbonyl (C=O) groups is 2. The summed E-state index contributed by atoms with van der Waals surface area (Å²) >= 11 is 31.1. The highest BCUT2D eigenvalue weighted by Gasteiger charge is 2.34. The molecule has 26 heteroatoms. The Morgan fingerprint density at radius 3 is 1.56 bits per heavy atom. The molecule has 2 aromatic carbocycles. The second-order valence-electron chi connectivity index (χ2n) is 15.1. The monoisotopic (exact) mass is 1110 g/mol. The van der Waals surface area contributed by atoms with E-state index in [0.29, 0.717) is 58.7 Å². The highest BCUT2D eigenvalue weighted by Crippen LogP contribution is 2.42. The molecule has 6 heterocycles. The van der Waals surface area contributed by atoms with Gasteiger partial charge in [-0.25, -0.2) is 9.97 Å². The maximum absolute atomic E-state index is 11.8. The van der Waals surface area contributed by atoms with Gasteiger partial charge in [0.1, 0.15) is 17.3 Å². The Morgan fingerprint density at radius 1 is 0.742 bits per heavy atom. The van der Waals surface area contributed by atoms with E-state index in [9.17, 15) is 26.4 Å². The van der Waals surface area contributed by atoms with E-state index >= 15 is 0 Å². The molecule has 1 amide bonds. The zero-order chi connectivity index (χ0) is 46.9. The van der Waals surface area contributed by atoms with Crippen molar-refractivity contribution >= 4 is 123 Å². The van der Waals surface area contributed by atoms with E-state index in [0.717, 1.165) is 78.4 Å². The van der Waals surface area contributed by atoms with Crippen LogP contribution < -0.4 is 26.1 Å². The number of nitrogens with zero attached hydrogens (tertiary/aromatic N) is 5. The topological polar surface area (TPSA) is 210 Å². The van der Waals surface area contributed by atoms with Gasteiger partial charge in [-0.15, -0.1) is 45.9 Å². The van der Waals surface area contributed by atoms with Gasteiger partial charge >= 0.3 is 20.2 Å². The molecule has 4 aliphatic heterocycles. The zero-order valence-corrected chi connectivity index (χ0v) is 43.0. The van der Waals surface area contributed by atoms with Crippen molar-refractivity contribution in [3.8, 4) is 11.5 Å². The van der Waals surface area contributed by atoms with Gasteiger partial charge in [0.25, 0.3) is 0 Å². The molecule has 8 rings (SSSR count). The molecular weight excluding hydrogens is 1070 g/mol. The number of hydrogen-bond acceptors (Lipinski definition) is 16. The summed E-state index contributed by atoms with van der Waals surface area (Å²) in [4.78, 5) is 43.7. The van der Waals surface area contributed by atoms with Crippen molar-refractivity contribution in [1.82, 2.24) is 14.9 Å². The Bertz CT molecular complexity index is 2620. The van der Waals surface area contributed by atoms with Crippen molar-refractivity contribution in [2.24, 2.45) is 10.3 Å². The number of oxime groups is 2. The first-order valence-electron chi connectivity index (χ1n) is 20.0. The third-order valence-electron chi connectivity index (χ3n) is 10.3. The van der Waals surface area contributed by atoms with Crippen LogP contribution in [0.25, 0.3) is 0 Å². The number of nitrogens with two attached hydrogens (primary N) is 1. The van der Waals surface area contributed by atoms with Crippen LogP contribution in [-0.2, 0) is 39.5 Å². The number of thiazole rings is 2. The summed E-state index contributed by atoms with van der Waals surface area (Å²) in [6, 6.07) is 9.67. The lowest BCUT2D eigenvalue weighted by molar-refractivity contribution is -0.663. The van der Waals surface area contributed by atoms with Crippen molar-refractivity contribution in [2.45, 2.75) is 62.6 Å². The second kappa shape index (κ2) is 24.5. The fourth-order valence-corrected chi connectivity index (χ4v) is 11.0. The first-order valence-corrected chi connectivity index (χ1v) is 27.6. The lowest BCUT2D eigenvalue weighted by Crippen LogP contribution is -3.00. The van der Waals surface area contributed by atoms with Crippen molar-refractivity contribution in [3.05, 3.63) is 89.7 Å². The minimum Gasteiger partial charge on any atom is -1.00 e. The van der Waals surface area contributed by atoms with Crippen LogP contribution in [-0.4, -0.2) is 105 Å². The third kappa shape index (κ3) is 15.0. The number of aromatic nitrogens is 2. The number of piperidine rings is 2. The van der Waals surface area contributed by atoms with Crippen LogP contribution in [0.5, 0.6) is 11.5 Å². The molecule has 4 aliphatic rings. The van der Waals surface area contributed by atoms with E-state index < -0.39 is 37.7 Å². The largest absolute Gasteiger partial charge is 1.00 e. The molecule has 4 aromatic rings. The lowest BCUT2D eigenvalue weighted by Gasteiger charge is -2.30. The van der Waals surface area contributed by atoms with Crippen LogP contribution >= 0.6 is 80.7 Å². The van der Waals surface area contributed by atoms with E-state index in [-0.39, 0.29) is 47.5 Å². The summed E-state index contributed by atoms with van der Waals surface area (Å²) in [6.07, 6.45) is 5.67. The predicted molar refractivity (Wildman–Crippen MR) is 253 cm³/mol. The predicted octanol–water partition coefficient (Wildman–Crippen LogP) is 4.38. The molecule has 2 N–H and O–H groups in total. The Labute approximate surface area is 421 Å². The standard InChI is InChI=1S/C20H21Cl2N3O5S2.C18H20ClN3O4S2.C2H2Cl2O.ClH/c1-32(27,28)30-16-4-2-3-13(22)19(16)17-9-14(24-29-17)15-11-31-20(23-15)12-5-7-25(8-6-12)18(26)10-21;1-28(23,24)26-15-4-2-3-12(19)17(15)16-9-13(22-25-16)14-10-27-18(21-14)11-5-7-20-8-6-11;3-1-2(4)5;/h2-4,11-12,17H,5-10H2,1H3;2-4,10-11,16,20H,5-9H2,1H3;1H2;1H. The minimum absolute atomic E-state index is 0. The molecule has 0 radical (unpaired) electrons. The number of carbonyl (C=O) groups excluding carboxylic acids is 2. The fourth-order valence-electron chi connectivity index (χ4n) is 7.35. The van der Waals surface area contributed by atoms with E-state index in [1.54, 1.807) is 57.9 Å². The highest BCUT2D eigenvalue weighted by molar-refractivity contribution is 7.86. The number of quaternary nitrogens is 1. The molecule has 2 fully saturated rings. The van der Waals surface area contributed by atoms with Gasteiger partial charge in [0.05, 0.1) is 74.1 Å². The maximum Gasteiger partial charge on any atom is 0.306 e. The summed E-state index contributed by atoms with van der Waals surface area (Å²) in [6.45, 7) is 3.63. The lowest BCUT2D eigenvalue weighted by atomic mass is 9.97. The molecule has 2 aromatic heterocycles. The number of hydrogen-bond donors (Lipinski definition) is 1. The average Bonchev–Trinajstić information content (AvgIpc) is 4.11. The van der Waals surface area contributed by atoms with Gasteiger partial charge in [-0.2, -0.15) is 16.8 Å². The van der Waals surface area contributed by atoms with Gasteiger partial charge in [0.2, 0.25) is 11.1 Å². The average molecular weight is 1110 g/mol. The number of amides is 1. The summed E-state index contributed by atoms with van der Waals surface area (Å²) in [5.41, 5.74) is 3.86. The molecule has 2 unspecified atom stereocenters. The van der Waals surface area contributed by atoms with Gasteiger partial charge in [-0.3, -0.25) is 9.59 Å². The molecule has 16 nitrogen and oxygen atoms in total. The maximum atomic E-state index is 11.8. The van der Waals surface area contributed by atoms with Crippen molar-refractivity contribution in [3.63, 3.8) is 0 Å². The molecule has 0 bridgehead atoms. The first kappa shape index (κ1) is 53.9. The van der Waals surface area contributed by atoms with Gasteiger partial charge in [0, 0.05) is 61.4 Å². The second-order valence-corrected chi connectivity index (χ2v) is 21.8. The summed E-state index contributed by atoms with van der Waals surface area (Å²) in [5, 5.41) is 17.0. The van der Waals surface area contributed by atoms with E-state index in [4.69, 9.17) is 86.0 Å². The molecule has 66 heavy (non-hydrogen) atoms. The molecule has 0 saturated carbocycles. The Hall–Kier alpha value is -3.02. The van der Waals surface area contributed by atoms with E-state index in [1.807, 2.05) is 10.8 Å². The van der Waals surface area contributed by atoms with Crippen LogP contribution in [0.3, 0.4) is 0 Å². The number of likely N-dealkylation sites (tertiary alicyclic amines) is 1. The highest BCUT2D eigenvalue weighted by atomic mass is 35.5. The summed E-state index contributed by atoms with van der Waals surface area (Å²) in [7, 11) is -7.41. The Morgan fingerprint density at radius 2 is 1.17 bits per heavy atom. The van der Waals surface area contributed by atoms with Crippen molar-refractivity contribution < 1.29 is 62.2 Å². The normalized spacial score (nSPS) is 18.8. The molecule has 2 saturated heterocycles. The van der Waals surface area contributed by atoms with Gasteiger partial charge < -0.3 is 40.7 Å². The van der Waals surface area contributed by atoms with E-state index in [2.05, 4.69) is 15.6 Å². The molecular formula is C40H44Cl6N6O10S4. The quantitative estimate of drug-likeness (QED) is 0.119. The van der Waals surface area contributed by atoms with Crippen molar-refractivity contribution in [1.29, 1.82) is 0 Å². The summed E-state index contributed by atoms with van der Waals surface area (Å²) < 4.78 is 56.6. The fraction of sp³-hybridized carbons (Fsp3) is 0.450. The van der Waals surface area contributed by atoms with Crippen molar-refractivity contribution in [2.75, 3.05) is 50.5 Å². The number of benzene rings is 2. The number of rotatable bonds is 12. The minimum atomic E-state index is -3.73. The molecule has 0 aliphatic carbocycles. The zero-order valence-electron chi connectivity index (χ0n) is 35.2. The Kier molecular flexibility index (Phi) is 20.0. The molecule has 360 valence electrons. The first-order chi connectivity index (χ1) is 30.9. The van der Waals surface area contributed by atoms with Crippen LogP contribution in [0.2, 0.25) is 10.0 Å². The summed E-state index contributed by atoms with van der Waals surface area (Å²) in [5.74, 6) is 0.961. The number of halogens is 6.